The maximum Gasteiger partial charge on any atom is 0.0475 e. The van der Waals surface area contributed by atoms with Gasteiger partial charge in [-0.25, -0.2) is 0 Å². The number of benzene rings is 1. The van der Waals surface area contributed by atoms with Crippen molar-refractivity contribution < 1.29 is 5.11 Å². The lowest BCUT2D eigenvalue weighted by Gasteiger charge is -2.39. The molecule has 2 atom stereocenters. The molecule has 1 aliphatic heterocycles. The summed E-state index contributed by atoms with van der Waals surface area (Å²) in [5.74, 6) is 0.398. The second kappa shape index (κ2) is 7.04. The Kier molecular flexibility index (Phi) is 5.37. The first kappa shape index (κ1) is 14.5. The Hall–Kier alpha value is -0.900. The zero-order valence-corrected chi connectivity index (χ0v) is 12.0. The van der Waals surface area contributed by atoms with Gasteiger partial charge in [0, 0.05) is 31.8 Å². The minimum absolute atomic E-state index is 0.295. The Bertz CT molecular complexity index is 366. The van der Waals surface area contributed by atoms with E-state index in [0.717, 1.165) is 26.1 Å². The van der Waals surface area contributed by atoms with E-state index in [1.165, 1.54) is 5.56 Å². The fourth-order valence-electron chi connectivity index (χ4n) is 2.89. The maximum absolute atomic E-state index is 9.49. The molecule has 1 fully saturated rings. The van der Waals surface area contributed by atoms with Gasteiger partial charge >= 0.3 is 0 Å². The topological polar surface area (TPSA) is 35.5 Å². The van der Waals surface area contributed by atoms with Crippen molar-refractivity contribution >= 4 is 0 Å². The molecule has 2 rings (SSSR count). The van der Waals surface area contributed by atoms with E-state index in [9.17, 15) is 5.11 Å². The van der Waals surface area contributed by atoms with Crippen LogP contribution >= 0.6 is 0 Å². The monoisotopic (exact) mass is 262 g/mol. The third-order valence-corrected chi connectivity index (χ3v) is 3.87. The van der Waals surface area contributed by atoms with Gasteiger partial charge in [0.15, 0.2) is 0 Å². The molecule has 1 aliphatic rings. The molecular weight excluding hydrogens is 236 g/mol. The molecule has 0 aliphatic carbocycles. The minimum Gasteiger partial charge on any atom is -0.396 e. The number of rotatable bonds is 5. The van der Waals surface area contributed by atoms with E-state index in [2.05, 4.69) is 54.4 Å². The van der Waals surface area contributed by atoms with Crippen molar-refractivity contribution in [3.63, 3.8) is 0 Å². The molecule has 1 aromatic carbocycles. The van der Waals surface area contributed by atoms with E-state index in [-0.39, 0.29) is 0 Å². The number of hydrogen-bond donors (Lipinski definition) is 2. The summed E-state index contributed by atoms with van der Waals surface area (Å²) in [6, 6.07) is 11.5. The van der Waals surface area contributed by atoms with E-state index < -0.39 is 0 Å². The summed E-state index contributed by atoms with van der Waals surface area (Å²) in [6.07, 6.45) is 1.08. The van der Waals surface area contributed by atoms with Crippen molar-refractivity contribution in [3.8, 4) is 0 Å². The molecule has 0 amide bonds. The van der Waals surface area contributed by atoms with Crippen molar-refractivity contribution in [1.82, 2.24) is 10.2 Å². The van der Waals surface area contributed by atoms with Crippen LogP contribution in [0.25, 0.3) is 0 Å². The molecule has 0 saturated carbocycles. The lowest BCUT2D eigenvalue weighted by Crippen LogP contribution is -2.53. The third kappa shape index (κ3) is 4.30. The number of aliphatic hydroxyl groups excluding tert-OH is 1. The Morgan fingerprint density at radius 1 is 1.32 bits per heavy atom. The number of nitrogens with zero attached hydrogens (tertiary/aromatic N) is 1. The van der Waals surface area contributed by atoms with Crippen molar-refractivity contribution in [2.75, 3.05) is 19.7 Å². The van der Waals surface area contributed by atoms with Crippen LogP contribution in [0, 0.1) is 5.92 Å². The van der Waals surface area contributed by atoms with Gasteiger partial charge < -0.3 is 10.4 Å². The molecule has 106 valence electrons. The zero-order chi connectivity index (χ0) is 13.7. The van der Waals surface area contributed by atoms with Gasteiger partial charge in [-0.1, -0.05) is 44.2 Å². The first-order valence-corrected chi connectivity index (χ1v) is 7.32. The van der Waals surface area contributed by atoms with Crippen LogP contribution in [0.15, 0.2) is 30.3 Å². The summed E-state index contributed by atoms with van der Waals surface area (Å²) in [4.78, 5) is 2.49. The zero-order valence-electron chi connectivity index (χ0n) is 12.0. The van der Waals surface area contributed by atoms with Crippen LogP contribution in [0.3, 0.4) is 0 Å². The van der Waals surface area contributed by atoms with Crippen LogP contribution in [-0.2, 0) is 6.54 Å². The quantitative estimate of drug-likeness (QED) is 0.850. The third-order valence-electron chi connectivity index (χ3n) is 3.87. The first-order chi connectivity index (χ1) is 9.19. The molecular formula is C16H26N2O. The standard InChI is InChI=1S/C16H26N2O/c1-13(2)17-16-11-18(9-8-15(16)12-19)10-14-6-4-3-5-7-14/h3-7,13,15-17,19H,8-12H2,1-2H3/t15-,16+/m1/s1. The fourth-order valence-corrected chi connectivity index (χ4v) is 2.89. The van der Waals surface area contributed by atoms with E-state index in [1.807, 2.05) is 0 Å². The SMILES string of the molecule is CC(C)N[C@H]1CN(Cc2ccccc2)CC[C@@H]1CO. The van der Waals surface area contributed by atoms with Crippen LogP contribution in [0.4, 0.5) is 0 Å². The van der Waals surface area contributed by atoms with E-state index in [1.54, 1.807) is 0 Å². The van der Waals surface area contributed by atoms with Gasteiger partial charge in [0.2, 0.25) is 0 Å². The molecule has 0 unspecified atom stereocenters. The van der Waals surface area contributed by atoms with Gasteiger partial charge in [-0.15, -0.1) is 0 Å². The molecule has 1 heterocycles. The van der Waals surface area contributed by atoms with Gasteiger partial charge in [-0.3, -0.25) is 4.90 Å². The smallest absolute Gasteiger partial charge is 0.0475 e. The van der Waals surface area contributed by atoms with Gasteiger partial charge in [0.1, 0.15) is 0 Å². The van der Waals surface area contributed by atoms with E-state index in [4.69, 9.17) is 0 Å². The highest BCUT2D eigenvalue weighted by Crippen LogP contribution is 2.19. The lowest BCUT2D eigenvalue weighted by atomic mass is 9.91. The first-order valence-electron chi connectivity index (χ1n) is 7.32. The van der Waals surface area contributed by atoms with Crippen LogP contribution in [0.2, 0.25) is 0 Å². The normalized spacial score (nSPS) is 24.8. The molecule has 1 saturated heterocycles. The molecule has 0 aromatic heterocycles. The highest BCUT2D eigenvalue weighted by molar-refractivity contribution is 5.14. The Balaban J connectivity index is 1.93. The van der Waals surface area contributed by atoms with Crippen molar-refractivity contribution in [3.05, 3.63) is 35.9 Å². The second-order valence-corrected chi connectivity index (χ2v) is 5.88. The van der Waals surface area contributed by atoms with Gasteiger partial charge in [-0.2, -0.15) is 0 Å². The number of aliphatic hydroxyl groups is 1. The average Bonchev–Trinajstić information content (AvgIpc) is 2.39. The second-order valence-electron chi connectivity index (χ2n) is 5.88. The summed E-state index contributed by atoms with van der Waals surface area (Å²) in [5.41, 5.74) is 1.37. The Labute approximate surface area is 116 Å². The molecule has 0 spiro atoms. The maximum atomic E-state index is 9.49. The Morgan fingerprint density at radius 2 is 2.05 bits per heavy atom. The summed E-state index contributed by atoms with van der Waals surface area (Å²) in [6.45, 7) is 7.75. The van der Waals surface area contributed by atoms with Crippen LogP contribution in [-0.4, -0.2) is 41.8 Å². The molecule has 2 N–H and O–H groups in total. The summed E-state index contributed by atoms with van der Waals surface area (Å²) in [5, 5.41) is 13.1. The Morgan fingerprint density at radius 3 is 2.68 bits per heavy atom. The number of likely N-dealkylation sites (tertiary alicyclic amines) is 1. The molecule has 0 radical (unpaired) electrons. The predicted molar refractivity (Wildman–Crippen MR) is 79.0 cm³/mol. The van der Waals surface area contributed by atoms with Crippen molar-refractivity contribution in [1.29, 1.82) is 0 Å². The molecule has 3 nitrogen and oxygen atoms in total. The lowest BCUT2D eigenvalue weighted by molar-refractivity contribution is 0.0877. The van der Waals surface area contributed by atoms with Gasteiger partial charge in [-0.05, 0) is 24.4 Å². The fraction of sp³-hybridized carbons (Fsp3) is 0.625. The van der Waals surface area contributed by atoms with Crippen molar-refractivity contribution in [2.24, 2.45) is 5.92 Å². The molecule has 3 heteroatoms. The largest absolute Gasteiger partial charge is 0.396 e. The van der Waals surface area contributed by atoms with Crippen molar-refractivity contribution in [2.45, 2.75) is 38.9 Å². The number of piperidine rings is 1. The predicted octanol–water partition coefficient (Wildman–Crippen LogP) is 1.87. The molecule has 19 heavy (non-hydrogen) atoms. The molecule has 1 aromatic rings. The number of hydrogen-bond acceptors (Lipinski definition) is 3. The summed E-state index contributed by atoms with van der Waals surface area (Å²) in [7, 11) is 0. The van der Waals surface area contributed by atoms with E-state index in [0.29, 0.717) is 24.6 Å². The highest BCUT2D eigenvalue weighted by atomic mass is 16.3. The van der Waals surface area contributed by atoms with Crippen LogP contribution < -0.4 is 5.32 Å². The minimum atomic E-state index is 0.295. The van der Waals surface area contributed by atoms with E-state index >= 15 is 0 Å². The van der Waals surface area contributed by atoms with Crippen LogP contribution in [0.1, 0.15) is 25.8 Å². The van der Waals surface area contributed by atoms with Crippen LogP contribution in [0.5, 0.6) is 0 Å². The average molecular weight is 262 g/mol. The summed E-state index contributed by atoms with van der Waals surface area (Å²) < 4.78 is 0. The van der Waals surface area contributed by atoms with Gasteiger partial charge in [0.25, 0.3) is 0 Å². The molecule has 0 bridgehead atoms. The van der Waals surface area contributed by atoms with Gasteiger partial charge in [0.05, 0.1) is 0 Å². The highest BCUT2D eigenvalue weighted by Gasteiger charge is 2.28. The summed E-state index contributed by atoms with van der Waals surface area (Å²) >= 11 is 0. The number of nitrogens with one attached hydrogen (secondary N) is 1.